The van der Waals surface area contributed by atoms with E-state index in [1.165, 1.54) is 7.11 Å². The predicted molar refractivity (Wildman–Crippen MR) is 182 cm³/mol. The zero-order valence-corrected chi connectivity index (χ0v) is 28.4. The molecule has 1 saturated heterocycles. The quantitative estimate of drug-likeness (QED) is 0.196. The standard InChI is InChI=1S/C34H42N6O6S/c1-22-14-15-25-26(11-7-13-29(25)39-47(42,43)21-23(2)44-6)30(22)45-31-27(12-8-17-35-31)28-16-18-36-32(38-28)37-24-10-9-19-40(20-24)33(41)46-34(3,4)5/h7-8,11-18,23-24,39H,9-10,19-21H2,1-6H3,(H,36,37,38)/t23?,24-/m0/s1. The van der Waals surface area contributed by atoms with Crippen LogP contribution in [0.15, 0.2) is 60.9 Å². The fraction of sp³-hybridized carbons (Fsp3) is 0.412. The zero-order chi connectivity index (χ0) is 33.8. The highest BCUT2D eigenvalue weighted by Crippen LogP contribution is 2.39. The molecule has 1 unspecified atom stereocenters. The van der Waals surface area contributed by atoms with E-state index in [-0.39, 0.29) is 17.9 Å². The van der Waals surface area contributed by atoms with Gasteiger partial charge in [-0.25, -0.2) is 28.2 Å². The summed E-state index contributed by atoms with van der Waals surface area (Å²) in [5.41, 5.74) is 1.98. The van der Waals surface area contributed by atoms with E-state index in [9.17, 15) is 13.2 Å². The highest BCUT2D eigenvalue weighted by Gasteiger charge is 2.28. The van der Waals surface area contributed by atoms with Crippen molar-refractivity contribution in [2.45, 2.75) is 65.2 Å². The van der Waals surface area contributed by atoms with Gasteiger partial charge in [0.25, 0.3) is 0 Å². The third-order valence-corrected chi connectivity index (χ3v) is 9.08. The Bertz CT molecular complexity index is 1840. The molecule has 0 radical (unpaired) electrons. The maximum atomic E-state index is 12.8. The normalized spacial score (nSPS) is 16.0. The maximum Gasteiger partial charge on any atom is 0.410 e. The molecule has 0 saturated carbocycles. The lowest BCUT2D eigenvalue weighted by Gasteiger charge is -2.34. The first-order valence-electron chi connectivity index (χ1n) is 15.6. The van der Waals surface area contributed by atoms with Crippen LogP contribution < -0.4 is 14.8 Å². The molecule has 0 bridgehead atoms. The van der Waals surface area contributed by atoms with Crippen LogP contribution >= 0.6 is 0 Å². The molecule has 13 heteroatoms. The van der Waals surface area contributed by atoms with E-state index in [4.69, 9.17) is 19.2 Å². The van der Waals surface area contributed by atoms with Crippen molar-refractivity contribution < 1.29 is 27.4 Å². The first-order valence-corrected chi connectivity index (χ1v) is 17.2. The minimum Gasteiger partial charge on any atom is -0.444 e. The molecule has 1 aliphatic heterocycles. The van der Waals surface area contributed by atoms with Crippen LogP contribution in [-0.4, -0.2) is 78.1 Å². The smallest absolute Gasteiger partial charge is 0.410 e. The van der Waals surface area contributed by atoms with E-state index in [0.29, 0.717) is 53.0 Å². The Morgan fingerprint density at radius 2 is 1.87 bits per heavy atom. The van der Waals surface area contributed by atoms with Crippen molar-refractivity contribution in [1.29, 1.82) is 0 Å². The third kappa shape index (κ3) is 8.66. The molecule has 2 N–H and O–H groups in total. The Kier molecular flexibility index (Phi) is 10.2. The summed E-state index contributed by atoms with van der Waals surface area (Å²) in [6.07, 6.45) is 4.21. The lowest BCUT2D eigenvalue weighted by molar-refractivity contribution is 0.0206. The van der Waals surface area contributed by atoms with Crippen LogP contribution in [0.3, 0.4) is 0 Å². The van der Waals surface area contributed by atoms with Gasteiger partial charge in [-0.15, -0.1) is 0 Å². The van der Waals surface area contributed by atoms with Crippen LogP contribution in [0.1, 0.15) is 46.1 Å². The molecule has 12 nitrogen and oxygen atoms in total. The van der Waals surface area contributed by atoms with Crippen LogP contribution in [0, 0.1) is 6.92 Å². The second-order valence-electron chi connectivity index (χ2n) is 12.7. The van der Waals surface area contributed by atoms with Crippen molar-refractivity contribution in [3.8, 4) is 22.9 Å². The molecule has 2 atom stereocenters. The van der Waals surface area contributed by atoms with Gasteiger partial charge in [0.2, 0.25) is 21.9 Å². The highest BCUT2D eigenvalue weighted by atomic mass is 32.2. The number of hydrogen-bond acceptors (Lipinski definition) is 10. The van der Waals surface area contributed by atoms with Crippen LogP contribution in [0.25, 0.3) is 22.0 Å². The van der Waals surface area contributed by atoms with Gasteiger partial charge in [0, 0.05) is 49.4 Å². The minimum atomic E-state index is -3.67. The number of methoxy groups -OCH3 is 1. The van der Waals surface area contributed by atoms with E-state index in [2.05, 4.69) is 20.0 Å². The number of pyridine rings is 1. The highest BCUT2D eigenvalue weighted by molar-refractivity contribution is 7.92. The molecule has 0 aliphatic carbocycles. The lowest BCUT2D eigenvalue weighted by Crippen LogP contribution is -2.47. The Balaban J connectivity index is 1.39. The predicted octanol–water partition coefficient (Wildman–Crippen LogP) is 6.38. The molecular weight excluding hydrogens is 620 g/mol. The molecule has 2 aromatic carbocycles. The van der Waals surface area contributed by atoms with Gasteiger partial charge < -0.3 is 24.4 Å². The molecule has 3 heterocycles. The van der Waals surface area contributed by atoms with Crippen molar-refractivity contribution in [3.63, 3.8) is 0 Å². The number of nitrogens with one attached hydrogen (secondary N) is 2. The number of fused-ring (bicyclic) bond motifs is 1. The number of sulfonamides is 1. The van der Waals surface area contributed by atoms with Crippen molar-refractivity contribution in [2.24, 2.45) is 0 Å². The molecule has 4 aromatic rings. The molecule has 1 aliphatic rings. The molecule has 2 aromatic heterocycles. The average molecular weight is 663 g/mol. The number of benzene rings is 2. The van der Waals surface area contributed by atoms with Crippen LogP contribution in [-0.2, 0) is 19.5 Å². The lowest BCUT2D eigenvalue weighted by atomic mass is 10.0. The fourth-order valence-electron chi connectivity index (χ4n) is 5.36. The Morgan fingerprint density at radius 3 is 2.64 bits per heavy atom. The number of nitrogens with zero attached hydrogens (tertiary/aromatic N) is 4. The van der Waals surface area contributed by atoms with Crippen molar-refractivity contribution >= 4 is 38.5 Å². The zero-order valence-electron chi connectivity index (χ0n) is 27.6. The van der Waals surface area contributed by atoms with Gasteiger partial charge in [-0.3, -0.25) is 4.72 Å². The number of amides is 1. The summed E-state index contributed by atoms with van der Waals surface area (Å²) in [5, 5.41) is 4.79. The molecule has 1 fully saturated rings. The number of aryl methyl sites for hydroxylation is 1. The summed E-state index contributed by atoms with van der Waals surface area (Å²) in [7, 11) is -2.19. The first kappa shape index (κ1) is 33.9. The molecular formula is C34H42N6O6S. The van der Waals surface area contributed by atoms with E-state index in [1.54, 1.807) is 48.5 Å². The van der Waals surface area contributed by atoms with Crippen molar-refractivity contribution in [2.75, 3.05) is 36.0 Å². The summed E-state index contributed by atoms with van der Waals surface area (Å²) in [4.78, 5) is 28.1. The van der Waals surface area contributed by atoms with Crippen LogP contribution in [0.2, 0.25) is 0 Å². The number of hydrogen-bond donors (Lipinski definition) is 2. The van der Waals surface area contributed by atoms with E-state index in [1.807, 2.05) is 52.0 Å². The Labute approximate surface area is 275 Å². The topological polar surface area (TPSA) is 145 Å². The number of aromatic nitrogens is 3. The third-order valence-electron chi connectivity index (χ3n) is 7.64. The molecule has 1 amide bonds. The van der Waals surface area contributed by atoms with Gasteiger partial charge in [0.05, 0.1) is 28.8 Å². The van der Waals surface area contributed by atoms with Gasteiger partial charge in [-0.2, -0.15) is 0 Å². The van der Waals surface area contributed by atoms with Gasteiger partial charge in [-0.1, -0.05) is 24.3 Å². The van der Waals surface area contributed by atoms with Crippen molar-refractivity contribution in [1.82, 2.24) is 19.9 Å². The number of ether oxygens (including phenoxy) is 3. The summed E-state index contributed by atoms with van der Waals surface area (Å²) >= 11 is 0. The maximum absolute atomic E-state index is 12.8. The van der Waals surface area contributed by atoms with Gasteiger partial charge in [0.1, 0.15) is 11.4 Å². The summed E-state index contributed by atoms with van der Waals surface area (Å²) in [5.74, 6) is 1.13. The van der Waals surface area contributed by atoms with E-state index in [0.717, 1.165) is 23.8 Å². The molecule has 5 rings (SSSR count). The second kappa shape index (κ2) is 14.1. The summed E-state index contributed by atoms with van der Waals surface area (Å²) < 4.78 is 45.6. The monoisotopic (exact) mass is 662 g/mol. The van der Waals surface area contributed by atoms with Crippen LogP contribution in [0.5, 0.6) is 11.6 Å². The average Bonchev–Trinajstić information content (AvgIpc) is 3.02. The Hall–Kier alpha value is -4.49. The minimum absolute atomic E-state index is 0.0428. The largest absolute Gasteiger partial charge is 0.444 e. The van der Waals surface area contributed by atoms with Gasteiger partial charge in [0.15, 0.2) is 0 Å². The van der Waals surface area contributed by atoms with E-state index < -0.39 is 21.7 Å². The number of likely N-dealkylation sites (tertiary alicyclic amines) is 1. The molecule has 250 valence electrons. The first-order chi connectivity index (χ1) is 22.3. The fourth-order valence-corrected chi connectivity index (χ4v) is 6.71. The second-order valence-corrected chi connectivity index (χ2v) is 14.4. The number of anilines is 2. The summed E-state index contributed by atoms with van der Waals surface area (Å²) in [6, 6.07) is 14.6. The number of rotatable bonds is 10. The summed E-state index contributed by atoms with van der Waals surface area (Å²) in [6.45, 7) is 10.3. The number of piperidine rings is 1. The van der Waals surface area contributed by atoms with Gasteiger partial charge in [-0.05, 0) is 77.3 Å². The van der Waals surface area contributed by atoms with Crippen molar-refractivity contribution in [3.05, 3.63) is 66.5 Å². The van der Waals surface area contributed by atoms with Crippen LogP contribution in [0.4, 0.5) is 16.4 Å². The SMILES string of the molecule is COC(C)CS(=O)(=O)Nc1cccc2c(Oc3ncccc3-c3ccnc(N[C@H]4CCCN(C(=O)OC(C)(C)C)C4)n3)c(C)ccc12. The molecule has 0 spiro atoms. The number of carbonyl (C=O) groups is 1. The van der Waals surface area contributed by atoms with Gasteiger partial charge >= 0.3 is 6.09 Å². The Morgan fingerprint density at radius 1 is 1.06 bits per heavy atom. The van der Waals surface area contributed by atoms with E-state index >= 15 is 0 Å². The number of carbonyl (C=O) groups excluding carboxylic acids is 1. The molecule has 47 heavy (non-hydrogen) atoms.